The first-order chi connectivity index (χ1) is 9.75. The summed E-state index contributed by atoms with van der Waals surface area (Å²) in [7, 11) is 1.48. The number of nitrogens with zero attached hydrogens (tertiary/aromatic N) is 1. The summed E-state index contributed by atoms with van der Waals surface area (Å²) >= 11 is 0. The van der Waals surface area contributed by atoms with E-state index in [0.717, 1.165) is 0 Å². The first-order valence-corrected chi connectivity index (χ1v) is 6.74. The summed E-state index contributed by atoms with van der Waals surface area (Å²) in [6.45, 7) is 6.22. The van der Waals surface area contributed by atoms with Gasteiger partial charge in [-0.2, -0.15) is 0 Å². The maximum Gasteiger partial charge on any atom is 0.293 e. The number of anilines is 1. The summed E-state index contributed by atoms with van der Waals surface area (Å²) in [5, 5.41) is 16.8. The highest BCUT2D eigenvalue weighted by molar-refractivity contribution is 5.95. The Morgan fingerprint density at radius 2 is 2.10 bits per heavy atom. The Morgan fingerprint density at radius 3 is 2.52 bits per heavy atom. The highest BCUT2D eigenvalue weighted by atomic mass is 16.6. The molecule has 0 saturated carbocycles. The Kier molecular flexibility index (Phi) is 5.26. The van der Waals surface area contributed by atoms with Gasteiger partial charge in [-0.3, -0.25) is 14.9 Å². The van der Waals surface area contributed by atoms with Gasteiger partial charge in [0.1, 0.15) is 5.69 Å². The van der Waals surface area contributed by atoms with Crippen LogP contribution in [0.15, 0.2) is 18.2 Å². The minimum atomic E-state index is -0.508. The summed E-state index contributed by atoms with van der Waals surface area (Å²) in [5.41, 5.74) is 5.77. The summed E-state index contributed by atoms with van der Waals surface area (Å²) < 4.78 is 0. The number of carbonyl (C=O) groups is 1. The molecule has 0 aliphatic rings. The van der Waals surface area contributed by atoms with Crippen molar-refractivity contribution in [3.8, 4) is 0 Å². The average molecular weight is 294 g/mol. The molecule has 0 aliphatic heterocycles. The van der Waals surface area contributed by atoms with Gasteiger partial charge in [0.2, 0.25) is 0 Å². The number of nitro groups is 1. The molecule has 0 aromatic heterocycles. The van der Waals surface area contributed by atoms with Crippen molar-refractivity contribution in [3.05, 3.63) is 33.9 Å². The van der Waals surface area contributed by atoms with E-state index in [9.17, 15) is 14.9 Å². The van der Waals surface area contributed by atoms with Crippen molar-refractivity contribution >= 4 is 17.3 Å². The molecule has 7 nitrogen and oxygen atoms in total. The van der Waals surface area contributed by atoms with E-state index in [1.165, 1.54) is 13.1 Å². The third-order valence-corrected chi connectivity index (χ3v) is 3.80. The molecule has 21 heavy (non-hydrogen) atoms. The van der Waals surface area contributed by atoms with Gasteiger partial charge in [0.25, 0.3) is 11.6 Å². The second-order valence-corrected chi connectivity index (χ2v) is 5.47. The fourth-order valence-electron chi connectivity index (χ4n) is 1.81. The molecule has 0 aliphatic carbocycles. The average Bonchev–Trinajstić information content (AvgIpc) is 2.46. The van der Waals surface area contributed by atoms with E-state index in [1.807, 2.05) is 20.8 Å². The number of hydrogen-bond donors (Lipinski definition) is 3. The molecule has 7 heteroatoms. The molecule has 1 unspecified atom stereocenters. The third kappa shape index (κ3) is 3.69. The molecular formula is C14H22N4O3. The van der Waals surface area contributed by atoms with Gasteiger partial charge in [0.05, 0.1) is 4.92 Å². The number of nitrogens with two attached hydrogens (primary N) is 1. The fraction of sp³-hybridized carbons (Fsp3) is 0.500. The third-order valence-electron chi connectivity index (χ3n) is 3.80. The molecule has 0 fully saturated rings. The molecule has 1 aromatic carbocycles. The van der Waals surface area contributed by atoms with Gasteiger partial charge >= 0.3 is 0 Å². The smallest absolute Gasteiger partial charge is 0.293 e. The van der Waals surface area contributed by atoms with Crippen molar-refractivity contribution < 1.29 is 9.72 Å². The lowest BCUT2D eigenvalue weighted by Crippen LogP contribution is -2.47. The van der Waals surface area contributed by atoms with E-state index in [1.54, 1.807) is 12.1 Å². The largest absolute Gasteiger partial charge is 0.373 e. The number of carbonyl (C=O) groups excluding carboxylic acids is 1. The van der Waals surface area contributed by atoms with Gasteiger partial charge in [-0.1, -0.05) is 13.8 Å². The topological polar surface area (TPSA) is 110 Å². The van der Waals surface area contributed by atoms with Crippen molar-refractivity contribution in [1.29, 1.82) is 0 Å². The molecule has 1 amide bonds. The Balaban J connectivity index is 3.24. The normalized spacial score (nSPS) is 13.6. The number of nitro benzene ring substituents is 1. The van der Waals surface area contributed by atoms with E-state index < -0.39 is 10.5 Å². The number of rotatable bonds is 6. The first-order valence-electron chi connectivity index (χ1n) is 6.74. The van der Waals surface area contributed by atoms with Crippen molar-refractivity contribution in [2.45, 2.75) is 26.3 Å². The number of nitrogens with one attached hydrogen (secondary N) is 2. The van der Waals surface area contributed by atoms with Gasteiger partial charge < -0.3 is 16.4 Å². The molecule has 0 saturated heterocycles. The number of amides is 1. The van der Waals surface area contributed by atoms with Crippen LogP contribution in [0.1, 0.15) is 31.1 Å². The van der Waals surface area contributed by atoms with E-state index in [4.69, 9.17) is 5.73 Å². The SMILES string of the molecule is CNC(=O)c1ccc(NC(C)(CN)C(C)C)c([N+](=O)[O-])c1. The lowest BCUT2D eigenvalue weighted by atomic mass is 9.88. The zero-order valence-electron chi connectivity index (χ0n) is 12.8. The van der Waals surface area contributed by atoms with E-state index in [0.29, 0.717) is 12.2 Å². The highest BCUT2D eigenvalue weighted by Gasteiger charge is 2.29. The minimum Gasteiger partial charge on any atom is -0.373 e. The van der Waals surface area contributed by atoms with Gasteiger partial charge in [0.15, 0.2) is 0 Å². The minimum absolute atomic E-state index is 0.142. The molecule has 4 N–H and O–H groups in total. The number of hydrogen-bond acceptors (Lipinski definition) is 5. The van der Waals surface area contributed by atoms with E-state index in [-0.39, 0.29) is 23.1 Å². The van der Waals surface area contributed by atoms with Crippen LogP contribution in [-0.2, 0) is 0 Å². The van der Waals surface area contributed by atoms with Crippen LogP contribution in [0.2, 0.25) is 0 Å². The predicted octanol–water partition coefficient (Wildman–Crippen LogP) is 1.74. The molecular weight excluding hydrogens is 272 g/mol. The van der Waals surface area contributed by atoms with Gasteiger partial charge in [-0.15, -0.1) is 0 Å². The van der Waals surface area contributed by atoms with Crippen LogP contribution in [-0.4, -0.2) is 30.0 Å². The Labute approximate surface area is 124 Å². The zero-order chi connectivity index (χ0) is 16.2. The predicted molar refractivity (Wildman–Crippen MR) is 82.4 cm³/mol. The van der Waals surface area contributed by atoms with Crippen LogP contribution >= 0.6 is 0 Å². The van der Waals surface area contributed by atoms with E-state index >= 15 is 0 Å². The van der Waals surface area contributed by atoms with Crippen molar-refractivity contribution in [3.63, 3.8) is 0 Å². The van der Waals surface area contributed by atoms with Crippen molar-refractivity contribution in [1.82, 2.24) is 5.32 Å². The Hall–Kier alpha value is -2.15. The lowest BCUT2D eigenvalue weighted by molar-refractivity contribution is -0.384. The summed E-state index contributed by atoms with van der Waals surface area (Å²) in [4.78, 5) is 22.3. The van der Waals surface area contributed by atoms with Gasteiger partial charge in [-0.25, -0.2) is 0 Å². The monoisotopic (exact) mass is 294 g/mol. The molecule has 0 bridgehead atoms. The molecule has 0 heterocycles. The van der Waals surface area contributed by atoms with Gasteiger partial charge in [-0.05, 0) is 25.0 Å². The van der Waals surface area contributed by atoms with Crippen LogP contribution < -0.4 is 16.4 Å². The molecule has 116 valence electrons. The van der Waals surface area contributed by atoms with Crippen molar-refractivity contribution in [2.24, 2.45) is 11.7 Å². The summed E-state index contributed by atoms with van der Waals surface area (Å²) in [6.07, 6.45) is 0. The lowest BCUT2D eigenvalue weighted by Gasteiger charge is -2.34. The molecule has 1 rings (SSSR count). The van der Waals surface area contributed by atoms with Gasteiger partial charge in [0, 0.05) is 30.8 Å². The van der Waals surface area contributed by atoms with Crippen LogP contribution in [0.4, 0.5) is 11.4 Å². The Bertz CT molecular complexity index is 545. The molecule has 0 spiro atoms. The van der Waals surface area contributed by atoms with Crippen molar-refractivity contribution in [2.75, 3.05) is 18.9 Å². The molecule has 1 atom stereocenters. The quantitative estimate of drug-likeness (QED) is 0.546. The molecule has 0 radical (unpaired) electrons. The fourth-order valence-corrected chi connectivity index (χ4v) is 1.81. The summed E-state index contributed by atoms with van der Waals surface area (Å²) in [5.74, 6) is -0.184. The summed E-state index contributed by atoms with van der Waals surface area (Å²) in [6, 6.07) is 4.35. The maximum absolute atomic E-state index is 11.6. The van der Waals surface area contributed by atoms with Crippen LogP contribution in [0, 0.1) is 16.0 Å². The standard InChI is InChI=1S/C14H22N4O3/c1-9(2)14(3,8-15)17-11-6-5-10(13(19)16-4)7-12(11)18(20)21/h5-7,9,17H,8,15H2,1-4H3,(H,16,19). The van der Waals surface area contributed by atoms with Crippen LogP contribution in [0.25, 0.3) is 0 Å². The second kappa shape index (κ2) is 6.53. The highest BCUT2D eigenvalue weighted by Crippen LogP contribution is 2.30. The van der Waals surface area contributed by atoms with Crippen LogP contribution in [0.5, 0.6) is 0 Å². The zero-order valence-corrected chi connectivity index (χ0v) is 12.8. The van der Waals surface area contributed by atoms with Crippen LogP contribution in [0.3, 0.4) is 0 Å². The second-order valence-electron chi connectivity index (χ2n) is 5.47. The van der Waals surface area contributed by atoms with E-state index in [2.05, 4.69) is 10.6 Å². The Morgan fingerprint density at radius 1 is 1.48 bits per heavy atom. The maximum atomic E-state index is 11.6. The number of benzene rings is 1. The molecule has 1 aromatic rings. The first kappa shape index (κ1) is 16.9.